The third kappa shape index (κ3) is 4.73. The van der Waals surface area contributed by atoms with Crippen molar-refractivity contribution in [3.05, 3.63) is 65.2 Å². The summed E-state index contributed by atoms with van der Waals surface area (Å²) >= 11 is 6.23. The number of hydrogen-bond donors (Lipinski definition) is 2. The van der Waals surface area contributed by atoms with Crippen molar-refractivity contribution < 1.29 is 5.11 Å². The number of halogens is 2. The van der Waals surface area contributed by atoms with Crippen LogP contribution in [0.1, 0.15) is 31.2 Å². The second-order valence-electron chi connectivity index (χ2n) is 8.23. The second kappa shape index (κ2) is 9.67. The molecular weight excluding hydrogens is 405 g/mol. The quantitative estimate of drug-likeness (QED) is 0.760. The van der Waals surface area contributed by atoms with Gasteiger partial charge in [0.05, 0.1) is 6.54 Å². The fourth-order valence-electron chi connectivity index (χ4n) is 4.99. The van der Waals surface area contributed by atoms with E-state index in [9.17, 15) is 5.11 Å². The van der Waals surface area contributed by atoms with Gasteiger partial charge in [-0.1, -0.05) is 41.9 Å². The van der Waals surface area contributed by atoms with Crippen LogP contribution in [0.2, 0.25) is 5.02 Å². The molecule has 1 saturated heterocycles. The zero-order valence-electron chi connectivity index (χ0n) is 16.7. The van der Waals surface area contributed by atoms with Crippen molar-refractivity contribution in [1.82, 2.24) is 4.90 Å². The highest BCUT2D eigenvalue weighted by Gasteiger charge is 2.40. The maximum absolute atomic E-state index is 10.8. The van der Waals surface area contributed by atoms with Gasteiger partial charge < -0.3 is 15.7 Å². The highest BCUT2D eigenvalue weighted by Crippen LogP contribution is 2.41. The molecule has 1 atom stereocenters. The number of β-amino-alcohol motifs (C(OH)–C–C–N with tert-alkyl or cyclic N) is 1. The van der Waals surface area contributed by atoms with Gasteiger partial charge >= 0.3 is 0 Å². The van der Waals surface area contributed by atoms with Crippen molar-refractivity contribution in [2.24, 2.45) is 5.73 Å². The molecule has 0 spiro atoms. The molecule has 2 aromatic rings. The van der Waals surface area contributed by atoms with E-state index in [1.807, 2.05) is 18.2 Å². The van der Waals surface area contributed by atoms with Crippen molar-refractivity contribution in [3.8, 4) is 0 Å². The molecule has 4 rings (SSSR count). The van der Waals surface area contributed by atoms with Crippen LogP contribution in [0.15, 0.2) is 54.6 Å². The van der Waals surface area contributed by atoms with Crippen molar-refractivity contribution in [2.75, 3.05) is 31.1 Å². The Morgan fingerprint density at radius 1 is 1.03 bits per heavy atom. The van der Waals surface area contributed by atoms with Crippen LogP contribution in [-0.4, -0.2) is 48.5 Å². The monoisotopic (exact) mass is 435 g/mol. The molecule has 1 heterocycles. The zero-order chi connectivity index (χ0) is 19.6. The van der Waals surface area contributed by atoms with E-state index in [0.717, 1.165) is 43.8 Å². The third-order valence-electron chi connectivity index (χ3n) is 6.72. The van der Waals surface area contributed by atoms with Gasteiger partial charge in [-0.3, -0.25) is 4.90 Å². The van der Waals surface area contributed by atoms with Crippen molar-refractivity contribution in [3.63, 3.8) is 0 Å². The van der Waals surface area contributed by atoms with Crippen LogP contribution in [0, 0.1) is 0 Å². The summed E-state index contributed by atoms with van der Waals surface area (Å²) in [5.41, 5.74) is 8.70. The smallest absolute Gasteiger partial charge is 0.125 e. The maximum Gasteiger partial charge on any atom is 0.125 e. The molecule has 2 aromatic carbocycles. The summed E-state index contributed by atoms with van der Waals surface area (Å²) in [6.07, 6.45) is 3.79. The Morgan fingerprint density at radius 3 is 2.38 bits per heavy atom. The number of rotatable bonds is 4. The summed E-state index contributed by atoms with van der Waals surface area (Å²) in [4.78, 5) is 4.58. The van der Waals surface area contributed by atoms with Crippen LogP contribution in [-0.2, 0) is 5.41 Å². The summed E-state index contributed by atoms with van der Waals surface area (Å²) in [5.74, 6) is 0. The first-order chi connectivity index (χ1) is 13.6. The van der Waals surface area contributed by atoms with E-state index in [1.165, 1.54) is 11.3 Å². The lowest BCUT2D eigenvalue weighted by Gasteiger charge is -2.48. The molecule has 29 heavy (non-hydrogen) atoms. The maximum atomic E-state index is 10.8. The van der Waals surface area contributed by atoms with E-state index in [-0.39, 0.29) is 17.8 Å². The van der Waals surface area contributed by atoms with Gasteiger partial charge in [0.25, 0.3) is 0 Å². The van der Waals surface area contributed by atoms with Crippen molar-refractivity contribution in [2.45, 2.75) is 43.4 Å². The fraction of sp³-hybridized carbons (Fsp3) is 0.478. The van der Waals surface area contributed by atoms with E-state index in [2.05, 4.69) is 46.2 Å². The average Bonchev–Trinajstić information content (AvgIpc) is 2.74. The Balaban J connectivity index is 0.00000240. The number of nitrogens with zero attached hydrogens (tertiary/aromatic N) is 2. The van der Waals surface area contributed by atoms with E-state index in [0.29, 0.717) is 19.1 Å². The van der Waals surface area contributed by atoms with Gasteiger partial charge in [0.2, 0.25) is 0 Å². The SMILES string of the molecule is Cl.NCC1(c2cccc(Cl)c2)CCC(N2CCN(c3ccccc3)CC2O)CC1. The number of hydrogen-bond acceptors (Lipinski definition) is 4. The lowest BCUT2D eigenvalue weighted by molar-refractivity contribution is -0.0454. The molecule has 0 amide bonds. The highest BCUT2D eigenvalue weighted by molar-refractivity contribution is 6.30. The Labute approximate surface area is 185 Å². The standard InChI is InChI=1S/C23H30ClN3O.ClH/c24-19-6-4-5-18(15-19)23(17-25)11-9-21(10-12-23)27-14-13-26(16-22(27)28)20-7-2-1-3-8-20;/h1-8,15,21-22,28H,9-14,16-17,25H2;1H. The first-order valence-electron chi connectivity index (χ1n) is 10.3. The summed E-state index contributed by atoms with van der Waals surface area (Å²) < 4.78 is 0. The molecule has 1 unspecified atom stereocenters. The molecule has 1 saturated carbocycles. The van der Waals surface area contributed by atoms with E-state index < -0.39 is 6.23 Å². The van der Waals surface area contributed by atoms with Gasteiger partial charge in [0.1, 0.15) is 6.23 Å². The van der Waals surface area contributed by atoms with Crippen LogP contribution >= 0.6 is 24.0 Å². The topological polar surface area (TPSA) is 52.7 Å². The van der Waals surface area contributed by atoms with Gasteiger partial charge in [-0.2, -0.15) is 0 Å². The number of aliphatic hydroxyl groups is 1. The second-order valence-corrected chi connectivity index (χ2v) is 8.66. The Bertz CT molecular complexity index is 781. The van der Waals surface area contributed by atoms with Crippen molar-refractivity contribution >= 4 is 29.7 Å². The Kier molecular flexibility index (Phi) is 7.47. The number of nitrogens with two attached hydrogens (primary N) is 1. The molecule has 1 aliphatic carbocycles. The predicted octanol–water partition coefficient (Wildman–Crippen LogP) is 4.04. The molecular formula is C23H31Cl2N3O. The minimum absolute atomic E-state index is 0. The highest BCUT2D eigenvalue weighted by atomic mass is 35.5. The van der Waals surface area contributed by atoms with Crippen LogP contribution < -0.4 is 10.6 Å². The van der Waals surface area contributed by atoms with Gasteiger partial charge in [0.15, 0.2) is 0 Å². The van der Waals surface area contributed by atoms with Gasteiger partial charge in [-0.05, 0) is 55.5 Å². The largest absolute Gasteiger partial charge is 0.376 e. The minimum atomic E-state index is -0.421. The Morgan fingerprint density at radius 2 is 1.76 bits per heavy atom. The molecule has 0 radical (unpaired) electrons. The van der Waals surface area contributed by atoms with E-state index >= 15 is 0 Å². The summed E-state index contributed by atoms with van der Waals surface area (Å²) in [5, 5.41) is 11.6. The lowest BCUT2D eigenvalue weighted by atomic mass is 9.68. The molecule has 3 N–H and O–H groups in total. The molecule has 2 fully saturated rings. The number of anilines is 1. The summed E-state index contributed by atoms with van der Waals surface area (Å²) in [6.45, 7) is 3.16. The van der Waals surface area contributed by atoms with Gasteiger partial charge in [0, 0.05) is 41.8 Å². The summed E-state index contributed by atoms with van der Waals surface area (Å²) in [7, 11) is 0. The molecule has 4 nitrogen and oxygen atoms in total. The van der Waals surface area contributed by atoms with Gasteiger partial charge in [-0.15, -0.1) is 12.4 Å². The lowest BCUT2D eigenvalue weighted by Crippen LogP contribution is -2.58. The number of para-hydroxylation sites is 1. The van der Waals surface area contributed by atoms with Crippen LogP contribution in [0.5, 0.6) is 0 Å². The molecule has 158 valence electrons. The number of aliphatic hydroxyl groups excluding tert-OH is 1. The number of piperazine rings is 1. The van der Waals surface area contributed by atoms with Crippen LogP contribution in [0.3, 0.4) is 0 Å². The van der Waals surface area contributed by atoms with E-state index in [1.54, 1.807) is 0 Å². The molecule has 2 aliphatic rings. The first-order valence-corrected chi connectivity index (χ1v) is 10.7. The Hall–Kier alpha value is -1.30. The molecule has 0 aromatic heterocycles. The normalized spacial score (nSPS) is 28.0. The van der Waals surface area contributed by atoms with Crippen LogP contribution in [0.25, 0.3) is 0 Å². The summed E-state index contributed by atoms with van der Waals surface area (Å²) in [6, 6.07) is 19.0. The van der Waals surface area contributed by atoms with Crippen LogP contribution in [0.4, 0.5) is 5.69 Å². The molecule has 1 aliphatic heterocycles. The van der Waals surface area contributed by atoms with E-state index in [4.69, 9.17) is 17.3 Å². The third-order valence-corrected chi connectivity index (χ3v) is 6.96. The first kappa shape index (κ1) is 22.4. The zero-order valence-corrected chi connectivity index (χ0v) is 18.3. The minimum Gasteiger partial charge on any atom is -0.376 e. The fourth-order valence-corrected chi connectivity index (χ4v) is 5.18. The predicted molar refractivity (Wildman–Crippen MR) is 123 cm³/mol. The molecule has 0 bridgehead atoms. The average molecular weight is 436 g/mol. The van der Waals surface area contributed by atoms with Gasteiger partial charge in [-0.25, -0.2) is 0 Å². The number of benzene rings is 2. The van der Waals surface area contributed by atoms with Crippen molar-refractivity contribution in [1.29, 1.82) is 0 Å². The molecule has 6 heteroatoms.